The number of benzene rings is 1. The van der Waals surface area contributed by atoms with Gasteiger partial charge in [-0.25, -0.2) is 4.79 Å². The standard InChI is InChI=1S/C19H26N4O2/c1-3-23(19(24)20-18-11-15(2)21-25-18)14-17-9-10-22(13-17)12-16-7-5-4-6-8-16/h4-8,11,17H,3,9-10,12-14H2,1-2H3,(H,20,24). The summed E-state index contributed by atoms with van der Waals surface area (Å²) in [6.45, 7) is 8.36. The summed E-state index contributed by atoms with van der Waals surface area (Å²) in [5.41, 5.74) is 2.10. The second kappa shape index (κ2) is 8.16. The first-order valence-electron chi connectivity index (χ1n) is 8.89. The van der Waals surface area contributed by atoms with Crippen molar-refractivity contribution < 1.29 is 9.32 Å². The van der Waals surface area contributed by atoms with E-state index in [0.29, 0.717) is 18.3 Å². The van der Waals surface area contributed by atoms with E-state index in [1.807, 2.05) is 24.8 Å². The molecule has 1 fully saturated rings. The third-order valence-corrected chi connectivity index (χ3v) is 4.62. The first kappa shape index (κ1) is 17.5. The Morgan fingerprint density at radius 2 is 2.20 bits per heavy atom. The lowest BCUT2D eigenvalue weighted by atomic mass is 10.1. The summed E-state index contributed by atoms with van der Waals surface area (Å²) in [4.78, 5) is 16.7. The van der Waals surface area contributed by atoms with Gasteiger partial charge in [-0.3, -0.25) is 10.2 Å². The molecule has 0 aliphatic carbocycles. The van der Waals surface area contributed by atoms with Crippen molar-refractivity contribution in [2.45, 2.75) is 26.8 Å². The molecule has 1 aliphatic heterocycles. The van der Waals surface area contributed by atoms with Crippen LogP contribution in [0.1, 0.15) is 24.6 Å². The monoisotopic (exact) mass is 342 g/mol. The van der Waals surface area contributed by atoms with Gasteiger partial charge >= 0.3 is 6.03 Å². The Labute approximate surface area is 148 Å². The maximum atomic E-state index is 12.4. The van der Waals surface area contributed by atoms with Crippen LogP contribution in [0.2, 0.25) is 0 Å². The Balaban J connectivity index is 1.49. The van der Waals surface area contributed by atoms with Crippen molar-refractivity contribution in [3.63, 3.8) is 0 Å². The van der Waals surface area contributed by atoms with Gasteiger partial charge in [0.05, 0.1) is 5.69 Å². The van der Waals surface area contributed by atoms with E-state index in [1.165, 1.54) is 5.56 Å². The van der Waals surface area contributed by atoms with E-state index in [0.717, 1.165) is 38.3 Å². The zero-order valence-corrected chi connectivity index (χ0v) is 14.9. The minimum Gasteiger partial charge on any atom is -0.338 e. The molecule has 1 aromatic carbocycles. The second-order valence-electron chi connectivity index (χ2n) is 6.68. The number of hydrogen-bond donors (Lipinski definition) is 1. The molecule has 134 valence electrons. The summed E-state index contributed by atoms with van der Waals surface area (Å²) in [5.74, 6) is 0.906. The fraction of sp³-hybridized carbons (Fsp3) is 0.474. The van der Waals surface area contributed by atoms with Gasteiger partial charge in [-0.15, -0.1) is 0 Å². The zero-order chi connectivity index (χ0) is 17.6. The molecule has 1 saturated heterocycles. The van der Waals surface area contributed by atoms with Crippen LogP contribution in [0.5, 0.6) is 0 Å². The Kier molecular flexibility index (Phi) is 5.71. The molecule has 1 aromatic heterocycles. The van der Waals surface area contributed by atoms with E-state index in [-0.39, 0.29) is 6.03 Å². The number of hydrogen-bond acceptors (Lipinski definition) is 4. The molecule has 0 radical (unpaired) electrons. The summed E-state index contributed by atoms with van der Waals surface area (Å²) in [6, 6.07) is 12.1. The molecule has 1 N–H and O–H groups in total. The highest BCUT2D eigenvalue weighted by molar-refractivity contribution is 5.87. The number of carbonyl (C=O) groups excluding carboxylic acids is 1. The van der Waals surface area contributed by atoms with Gasteiger partial charge in [-0.1, -0.05) is 35.5 Å². The van der Waals surface area contributed by atoms with E-state index in [9.17, 15) is 4.79 Å². The molecule has 2 amide bonds. The molecule has 0 spiro atoms. The normalized spacial score (nSPS) is 17.6. The van der Waals surface area contributed by atoms with Gasteiger partial charge in [0.2, 0.25) is 5.88 Å². The number of aromatic nitrogens is 1. The van der Waals surface area contributed by atoms with Crippen LogP contribution in [-0.4, -0.2) is 47.2 Å². The maximum absolute atomic E-state index is 12.4. The minimum absolute atomic E-state index is 0.125. The molecule has 0 bridgehead atoms. The molecule has 2 heterocycles. The summed E-state index contributed by atoms with van der Waals surface area (Å²) in [6.07, 6.45) is 1.12. The van der Waals surface area contributed by atoms with Crippen molar-refractivity contribution >= 4 is 11.9 Å². The average Bonchev–Trinajstić information content (AvgIpc) is 3.22. The number of nitrogens with one attached hydrogen (secondary N) is 1. The van der Waals surface area contributed by atoms with Gasteiger partial charge in [0.1, 0.15) is 0 Å². The molecule has 1 aliphatic rings. The van der Waals surface area contributed by atoms with E-state index in [1.54, 1.807) is 6.07 Å². The Bertz CT molecular complexity index is 686. The molecule has 6 nitrogen and oxygen atoms in total. The van der Waals surface area contributed by atoms with Gasteiger partial charge in [0.25, 0.3) is 0 Å². The van der Waals surface area contributed by atoms with Gasteiger partial charge in [0, 0.05) is 32.2 Å². The van der Waals surface area contributed by atoms with Gasteiger partial charge in [-0.2, -0.15) is 0 Å². The lowest BCUT2D eigenvalue weighted by Crippen LogP contribution is -2.39. The predicted octanol–water partition coefficient (Wildman–Crippen LogP) is 3.36. The highest BCUT2D eigenvalue weighted by atomic mass is 16.5. The number of urea groups is 1. The number of amides is 2. The molecule has 0 saturated carbocycles. The van der Waals surface area contributed by atoms with Crippen molar-refractivity contribution in [1.82, 2.24) is 15.0 Å². The third-order valence-electron chi connectivity index (χ3n) is 4.62. The topological polar surface area (TPSA) is 61.6 Å². The van der Waals surface area contributed by atoms with Crippen LogP contribution in [0.15, 0.2) is 40.9 Å². The predicted molar refractivity (Wildman–Crippen MR) is 97.3 cm³/mol. The van der Waals surface area contributed by atoms with Crippen molar-refractivity contribution in [2.24, 2.45) is 5.92 Å². The van der Waals surface area contributed by atoms with E-state index in [2.05, 4.69) is 39.6 Å². The van der Waals surface area contributed by atoms with Crippen LogP contribution in [-0.2, 0) is 6.54 Å². The average molecular weight is 342 g/mol. The van der Waals surface area contributed by atoms with Crippen LogP contribution in [0.25, 0.3) is 0 Å². The van der Waals surface area contributed by atoms with E-state index in [4.69, 9.17) is 4.52 Å². The lowest BCUT2D eigenvalue weighted by molar-refractivity contribution is 0.202. The fourth-order valence-electron chi connectivity index (χ4n) is 3.32. The highest BCUT2D eigenvalue weighted by Crippen LogP contribution is 2.20. The van der Waals surface area contributed by atoms with Gasteiger partial charge < -0.3 is 9.42 Å². The zero-order valence-electron chi connectivity index (χ0n) is 14.9. The first-order valence-corrected chi connectivity index (χ1v) is 8.89. The second-order valence-corrected chi connectivity index (χ2v) is 6.68. The third kappa shape index (κ3) is 4.82. The Morgan fingerprint density at radius 1 is 1.40 bits per heavy atom. The van der Waals surface area contributed by atoms with Gasteiger partial charge in [0.15, 0.2) is 0 Å². The smallest absolute Gasteiger partial charge is 0.324 e. The lowest BCUT2D eigenvalue weighted by Gasteiger charge is -2.24. The van der Waals surface area contributed by atoms with Crippen LogP contribution in [0, 0.1) is 12.8 Å². The molecule has 6 heteroatoms. The number of likely N-dealkylation sites (tertiary alicyclic amines) is 1. The van der Waals surface area contributed by atoms with E-state index < -0.39 is 0 Å². The number of nitrogens with zero attached hydrogens (tertiary/aromatic N) is 3. The molecule has 3 rings (SSSR count). The van der Waals surface area contributed by atoms with Crippen LogP contribution >= 0.6 is 0 Å². The Morgan fingerprint density at radius 3 is 2.88 bits per heavy atom. The van der Waals surface area contributed by atoms with Gasteiger partial charge in [-0.05, 0) is 38.3 Å². The summed E-state index contributed by atoms with van der Waals surface area (Å²) >= 11 is 0. The Hall–Kier alpha value is -2.34. The van der Waals surface area contributed by atoms with Crippen LogP contribution < -0.4 is 5.32 Å². The highest BCUT2D eigenvalue weighted by Gasteiger charge is 2.26. The largest absolute Gasteiger partial charge is 0.338 e. The maximum Gasteiger partial charge on any atom is 0.324 e. The number of aryl methyl sites for hydroxylation is 1. The molecule has 25 heavy (non-hydrogen) atoms. The van der Waals surface area contributed by atoms with Crippen molar-refractivity contribution in [2.75, 3.05) is 31.5 Å². The molecular weight excluding hydrogens is 316 g/mol. The van der Waals surface area contributed by atoms with Crippen molar-refractivity contribution in [1.29, 1.82) is 0 Å². The number of rotatable bonds is 6. The summed E-state index contributed by atoms with van der Waals surface area (Å²) in [7, 11) is 0. The minimum atomic E-state index is -0.125. The quantitative estimate of drug-likeness (QED) is 0.874. The summed E-state index contributed by atoms with van der Waals surface area (Å²) in [5, 5.41) is 6.58. The number of anilines is 1. The molecule has 1 atom stereocenters. The fourth-order valence-corrected chi connectivity index (χ4v) is 3.32. The SMILES string of the molecule is CCN(CC1CCN(Cc2ccccc2)C1)C(=O)Nc1cc(C)no1. The van der Waals surface area contributed by atoms with Crippen molar-refractivity contribution in [3.8, 4) is 0 Å². The molecular formula is C19H26N4O2. The van der Waals surface area contributed by atoms with Crippen molar-refractivity contribution in [3.05, 3.63) is 47.7 Å². The van der Waals surface area contributed by atoms with Crippen LogP contribution in [0.4, 0.5) is 10.7 Å². The van der Waals surface area contributed by atoms with E-state index >= 15 is 0 Å². The molecule has 1 unspecified atom stereocenters. The molecule has 2 aromatic rings. The summed E-state index contributed by atoms with van der Waals surface area (Å²) < 4.78 is 5.07. The van der Waals surface area contributed by atoms with Crippen LogP contribution in [0.3, 0.4) is 0 Å². The number of carbonyl (C=O) groups is 1. The first-order chi connectivity index (χ1) is 12.1.